The van der Waals surface area contributed by atoms with Crippen molar-refractivity contribution < 1.29 is 14.3 Å². The van der Waals surface area contributed by atoms with Gasteiger partial charge in [-0.15, -0.1) is 0 Å². The lowest BCUT2D eigenvalue weighted by Crippen LogP contribution is -2.48. The van der Waals surface area contributed by atoms with Crippen molar-refractivity contribution in [2.24, 2.45) is 0 Å². The number of amides is 1. The van der Waals surface area contributed by atoms with E-state index >= 15 is 0 Å². The molecule has 1 aliphatic heterocycles. The average molecular weight is 417 g/mol. The molecule has 5 nitrogen and oxygen atoms in total. The van der Waals surface area contributed by atoms with Crippen LogP contribution < -0.4 is 14.4 Å². The molecule has 1 saturated heterocycles. The van der Waals surface area contributed by atoms with E-state index in [0.717, 1.165) is 25.9 Å². The Hall–Kier alpha value is -2.40. The third kappa shape index (κ3) is 5.36. The van der Waals surface area contributed by atoms with E-state index in [1.165, 1.54) is 5.69 Å². The topological polar surface area (TPSA) is 42.0 Å². The maximum atomic E-state index is 13.1. The molecule has 3 rings (SSSR count). The maximum absolute atomic E-state index is 13.1. The van der Waals surface area contributed by atoms with Gasteiger partial charge in [0.1, 0.15) is 0 Å². The van der Waals surface area contributed by atoms with E-state index in [-0.39, 0.29) is 5.91 Å². The largest absolute Gasteiger partial charge is 0.490 e. The molecule has 6 heteroatoms. The molecule has 0 aromatic heterocycles. The summed E-state index contributed by atoms with van der Waals surface area (Å²) in [6, 6.07) is 13.7. The van der Waals surface area contributed by atoms with Gasteiger partial charge >= 0.3 is 0 Å². The Morgan fingerprint density at radius 3 is 2.41 bits per heavy atom. The molecule has 0 aliphatic carbocycles. The molecular weight excluding hydrogens is 388 g/mol. The molecule has 2 aromatic rings. The summed E-state index contributed by atoms with van der Waals surface area (Å²) in [5.41, 5.74) is 1.73. The second-order valence-electron chi connectivity index (χ2n) is 7.04. The summed E-state index contributed by atoms with van der Waals surface area (Å²) in [7, 11) is 0. The van der Waals surface area contributed by atoms with Crippen molar-refractivity contribution >= 4 is 23.2 Å². The van der Waals surface area contributed by atoms with Crippen molar-refractivity contribution in [2.75, 3.05) is 44.3 Å². The SMILES string of the molecule is CCCCOc1c(Cl)cc(C(=O)N2CCN(c3ccccc3)CC2)cc1OCC. The molecule has 0 spiro atoms. The van der Waals surface area contributed by atoms with Crippen LogP contribution in [-0.4, -0.2) is 50.2 Å². The number of benzene rings is 2. The summed E-state index contributed by atoms with van der Waals surface area (Å²) in [6.45, 7) is 8.02. The van der Waals surface area contributed by atoms with Crippen LogP contribution in [0.25, 0.3) is 0 Å². The molecule has 0 bridgehead atoms. The Kier molecular flexibility index (Phi) is 7.64. The first-order valence-electron chi connectivity index (χ1n) is 10.3. The number of para-hydroxylation sites is 1. The minimum atomic E-state index is -0.0272. The minimum absolute atomic E-state index is 0.0272. The van der Waals surface area contributed by atoms with Gasteiger partial charge in [-0.2, -0.15) is 0 Å². The third-order valence-electron chi connectivity index (χ3n) is 4.99. The molecule has 0 N–H and O–H groups in total. The van der Waals surface area contributed by atoms with E-state index in [4.69, 9.17) is 21.1 Å². The van der Waals surface area contributed by atoms with Crippen LogP contribution in [0.3, 0.4) is 0 Å². The first-order chi connectivity index (χ1) is 14.1. The maximum Gasteiger partial charge on any atom is 0.254 e. The lowest BCUT2D eigenvalue weighted by molar-refractivity contribution is 0.0746. The predicted molar refractivity (Wildman–Crippen MR) is 118 cm³/mol. The normalized spacial score (nSPS) is 14.0. The van der Waals surface area contributed by atoms with Gasteiger partial charge in [0.2, 0.25) is 0 Å². The number of rotatable bonds is 8. The van der Waals surface area contributed by atoms with Crippen molar-refractivity contribution in [2.45, 2.75) is 26.7 Å². The smallest absolute Gasteiger partial charge is 0.254 e. The number of anilines is 1. The summed E-state index contributed by atoms with van der Waals surface area (Å²) < 4.78 is 11.5. The zero-order valence-electron chi connectivity index (χ0n) is 17.2. The van der Waals surface area contributed by atoms with Gasteiger partial charge in [0, 0.05) is 37.4 Å². The van der Waals surface area contributed by atoms with E-state index in [1.807, 2.05) is 30.0 Å². The monoisotopic (exact) mass is 416 g/mol. The Labute approximate surface area is 178 Å². The first-order valence-corrected chi connectivity index (χ1v) is 10.7. The van der Waals surface area contributed by atoms with E-state index in [0.29, 0.717) is 48.4 Å². The molecule has 1 fully saturated rings. The molecule has 156 valence electrons. The number of nitrogens with zero attached hydrogens (tertiary/aromatic N) is 2. The van der Waals surface area contributed by atoms with Gasteiger partial charge in [-0.1, -0.05) is 43.1 Å². The second kappa shape index (κ2) is 10.4. The third-order valence-corrected chi connectivity index (χ3v) is 5.27. The number of ether oxygens (including phenoxy) is 2. The summed E-state index contributed by atoms with van der Waals surface area (Å²) in [5, 5.41) is 0.415. The van der Waals surface area contributed by atoms with Crippen molar-refractivity contribution in [1.82, 2.24) is 4.90 Å². The zero-order valence-corrected chi connectivity index (χ0v) is 18.0. The molecule has 0 radical (unpaired) electrons. The fraction of sp³-hybridized carbons (Fsp3) is 0.435. The summed E-state index contributed by atoms with van der Waals surface area (Å²) in [6.07, 6.45) is 1.97. The highest BCUT2D eigenvalue weighted by Crippen LogP contribution is 2.37. The number of piperazine rings is 1. The fourth-order valence-corrected chi connectivity index (χ4v) is 3.67. The molecule has 1 amide bonds. The van der Waals surface area contributed by atoms with Gasteiger partial charge in [0.15, 0.2) is 11.5 Å². The van der Waals surface area contributed by atoms with Crippen LogP contribution in [0.15, 0.2) is 42.5 Å². The lowest BCUT2D eigenvalue weighted by Gasteiger charge is -2.36. The average Bonchev–Trinajstić information content (AvgIpc) is 2.76. The zero-order chi connectivity index (χ0) is 20.6. The highest BCUT2D eigenvalue weighted by atomic mass is 35.5. The predicted octanol–water partition coefficient (Wildman–Crippen LogP) is 4.88. The molecule has 2 aromatic carbocycles. The van der Waals surface area contributed by atoms with Crippen LogP contribution in [0.5, 0.6) is 11.5 Å². The Morgan fingerprint density at radius 2 is 1.76 bits per heavy atom. The first kappa shape index (κ1) is 21.3. The highest BCUT2D eigenvalue weighted by molar-refractivity contribution is 6.32. The fourth-order valence-electron chi connectivity index (χ4n) is 3.40. The number of unbranched alkanes of at least 4 members (excludes halogenated alkanes) is 1. The number of carbonyl (C=O) groups excluding carboxylic acids is 1. The summed E-state index contributed by atoms with van der Waals surface area (Å²) in [4.78, 5) is 17.2. The Balaban J connectivity index is 1.70. The Bertz CT molecular complexity index is 805. The summed E-state index contributed by atoms with van der Waals surface area (Å²) in [5.74, 6) is 1.02. The highest BCUT2D eigenvalue weighted by Gasteiger charge is 2.24. The van der Waals surface area contributed by atoms with Crippen LogP contribution in [0.4, 0.5) is 5.69 Å². The van der Waals surface area contributed by atoms with Gasteiger partial charge in [0.05, 0.1) is 18.2 Å². The van der Waals surface area contributed by atoms with Crippen molar-refractivity contribution in [3.05, 3.63) is 53.1 Å². The molecule has 1 aliphatic rings. The molecule has 0 unspecified atom stereocenters. The van der Waals surface area contributed by atoms with Crippen LogP contribution in [0.1, 0.15) is 37.0 Å². The number of halogens is 1. The van der Waals surface area contributed by atoms with Gasteiger partial charge < -0.3 is 19.3 Å². The molecule has 0 atom stereocenters. The second-order valence-corrected chi connectivity index (χ2v) is 7.44. The van der Waals surface area contributed by atoms with Crippen molar-refractivity contribution in [3.8, 4) is 11.5 Å². The standard InChI is InChI=1S/C23H29ClN2O3/c1-3-5-15-29-22-20(24)16-18(17-21(22)28-4-2)23(27)26-13-11-25(12-14-26)19-9-7-6-8-10-19/h6-10,16-17H,3-5,11-15H2,1-2H3. The van der Waals surface area contributed by atoms with E-state index in [2.05, 4.69) is 24.0 Å². The van der Waals surface area contributed by atoms with Gasteiger partial charge in [-0.3, -0.25) is 4.79 Å². The number of hydrogen-bond donors (Lipinski definition) is 0. The molecule has 29 heavy (non-hydrogen) atoms. The summed E-state index contributed by atoms with van der Waals surface area (Å²) >= 11 is 6.45. The molecule has 0 saturated carbocycles. The number of hydrogen-bond acceptors (Lipinski definition) is 4. The van der Waals surface area contributed by atoms with Crippen LogP contribution in [0.2, 0.25) is 5.02 Å². The van der Waals surface area contributed by atoms with E-state index < -0.39 is 0 Å². The van der Waals surface area contributed by atoms with Crippen molar-refractivity contribution in [1.29, 1.82) is 0 Å². The van der Waals surface area contributed by atoms with Crippen LogP contribution >= 0.6 is 11.6 Å². The lowest BCUT2D eigenvalue weighted by atomic mass is 10.1. The Morgan fingerprint density at radius 1 is 1.03 bits per heavy atom. The quantitative estimate of drug-likeness (QED) is 0.575. The van der Waals surface area contributed by atoms with E-state index in [9.17, 15) is 4.79 Å². The van der Waals surface area contributed by atoms with Gasteiger partial charge in [-0.25, -0.2) is 0 Å². The minimum Gasteiger partial charge on any atom is -0.490 e. The van der Waals surface area contributed by atoms with Gasteiger partial charge in [0.25, 0.3) is 5.91 Å². The van der Waals surface area contributed by atoms with Gasteiger partial charge in [-0.05, 0) is 37.6 Å². The van der Waals surface area contributed by atoms with Crippen molar-refractivity contribution in [3.63, 3.8) is 0 Å². The van der Waals surface area contributed by atoms with Crippen LogP contribution in [-0.2, 0) is 0 Å². The van der Waals surface area contributed by atoms with E-state index in [1.54, 1.807) is 12.1 Å². The number of carbonyl (C=O) groups is 1. The van der Waals surface area contributed by atoms with Crippen LogP contribution in [0, 0.1) is 0 Å². The molecular formula is C23H29ClN2O3. The molecule has 1 heterocycles.